The van der Waals surface area contributed by atoms with Crippen LogP contribution in [0.5, 0.6) is 0 Å². The van der Waals surface area contributed by atoms with Crippen molar-refractivity contribution >= 4 is 0 Å². The molecule has 0 radical (unpaired) electrons. The number of nitrogens with two attached hydrogens (primary N) is 1. The van der Waals surface area contributed by atoms with Crippen LogP contribution in [0.25, 0.3) is 0 Å². The maximum atomic E-state index is 5.99. The van der Waals surface area contributed by atoms with Crippen molar-refractivity contribution in [3.05, 3.63) is 0 Å². The van der Waals surface area contributed by atoms with Gasteiger partial charge in [0.05, 0.1) is 6.10 Å². The Morgan fingerprint density at radius 2 is 1.94 bits per heavy atom. The summed E-state index contributed by atoms with van der Waals surface area (Å²) in [5, 5.41) is 0. The van der Waals surface area contributed by atoms with Crippen molar-refractivity contribution in [1.29, 1.82) is 0 Å². The van der Waals surface area contributed by atoms with Crippen LogP contribution in [0.4, 0.5) is 0 Å². The maximum Gasteiger partial charge on any atom is 0.0600 e. The molecule has 0 spiro atoms. The van der Waals surface area contributed by atoms with Gasteiger partial charge in [-0.2, -0.15) is 0 Å². The summed E-state index contributed by atoms with van der Waals surface area (Å²) in [7, 11) is 0. The highest BCUT2D eigenvalue weighted by Crippen LogP contribution is 2.27. The Morgan fingerprint density at radius 3 is 2.56 bits per heavy atom. The van der Waals surface area contributed by atoms with E-state index in [1.165, 1.54) is 32.1 Å². The molecule has 0 heterocycles. The molecule has 0 aromatic heterocycles. The minimum absolute atomic E-state index is 0.279. The Morgan fingerprint density at radius 1 is 1.25 bits per heavy atom. The molecule has 2 N–H and O–H groups in total. The van der Waals surface area contributed by atoms with Crippen LogP contribution in [0.2, 0.25) is 0 Å². The first-order valence-corrected chi connectivity index (χ1v) is 6.87. The van der Waals surface area contributed by atoms with Crippen LogP contribution < -0.4 is 5.73 Å². The third-order valence-electron chi connectivity index (χ3n) is 3.92. The van der Waals surface area contributed by atoms with Crippen LogP contribution >= 0.6 is 0 Å². The molecule has 96 valence electrons. The van der Waals surface area contributed by atoms with Crippen molar-refractivity contribution in [2.45, 2.75) is 65.4 Å². The highest BCUT2D eigenvalue weighted by molar-refractivity contribution is 4.73. The molecule has 16 heavy (non-hydrogen) atoms. The zero-order valence-electron chi connectivity index (χ0n) is 11.3. The van der Waals surface area contributed by atoms with Gasteiger partial charge in [0.15, 0.2) is 0 Å². The predicted octanol–water partition coefficient (Wildman–Crippen LogP) is 3.35. The first kappa shape index (κ1) is 14.0. The third kappa shape index (κ3) is 4.84. The fraction of sp³-hybridized carbons (Fsp3) is 1.00. The zero-order chi connectivity index (χ0) is 12.0. The van der Waals surface area contributed by atoms with Gasteiger partial charge in [0.25, 0.3) is 0 Å². The summed E-state index contributed by atoms with van der Waals surface area (Å²) in [6.45, 7) is 8.48. The molecule has 0 amide bonds. The monoisotopic (exact) mass is 227 g/mol. The fourth-order valence-electron chi connectivity index (χ4n) is 2.42. The molecule has 2 unspecified atom stereocenters. The van der Waals surface area contributed by atoms with E-state index < -0.39 is 0 Å². The van der Waals surface area contributed by atoms with Gasteiger partial charge < -0.3 is 10.5 Å². The van der Waals surface area contributed by atoms with E-state index in [0.29, 0.717) is 6.10 Å². The molecule has 2 nitrogen and oxygen atoms in total. The lowest BCUT2D eigenvalue weighted by molar-refractivity contribution is -0.00883. The van der Waals surface area contributed by atoms with Crippen LogP contribution in [0.15, 0.2) is 0 Å². The van der Waals surface area contributed by atoms with Gasteiger partial charge >= 0.3 is 0 Å². The van der Waals surface area contributed by atoms with E-state index in [-0.39, 0.29) is 5.41 Å². The van der Waals surface area contributed by atoms with Crippen LogP contribution in [-0.4, -0.2) is 19.3 Å². The quantitative estimate of drug-likeness (QED) is 0.706. The SMILES string of the molecule is CC1CCCCC1OCCCC(C)(C)CN. The Labute approximate surface area is 101 Å². The third-order valence-corrected chi connectivity index (χ3v) is 3.92. The van der Waals surface area contributed by atoms with E-state index in [9.17, 15) is 0 Å². The van der Waals surface area contributed by atoms with Gasteiger partial charge in [-0.3, -0.25) is 0 Å². The molecule has 0 aromatic carbocycles. The van der Waals surface area contributed by atoms with Gasteiger partial charge in [-0.15, -0.1) is 0 Å². The molecule has 0 aliphatic heterocycles. The average Bonchev–Trinajstić information content (AvgIpc) is 2.27. The molecule has 2 atom stereocenters. The van der Waals surface area contributed by atoms with Gasteiger partial charge in [-0.25, -0.2) is 0 Å². The van der Waals surface area contributed by atoms with Crippen LogP contribution in [-0.2, 0) is 4.74 Å². The van der Waals surface area contributed by atoms with E-state index in [2.05, 4.69) is 20.8 Å². The van der Waals surface area contributed by atoms with Crippen molar-refractivity contribution in [3.8, 4) is 0 Å². The molecule has 0 aromatic rings. The number of hydrogen-bond donors (Lipinski definition) is 1. The molecule has 0 bridgehead atoms. The largest absolute Gasteiger partial charge is 0.378 e. The lowest BCUT2D eigenvalue weighted by Crippen LogP contribution is -2.27. The number of ether oxygens (including phenoxy) is 1. The van der Waals surface area contributed by atoms with Crippen molar-refractivity contribution in [2.24, 2.45) is 17.1 Å². The van der Waals surface area contributed by atoms with Crippen LogP contribution in [0.1, 0.15) is 59.3 Å². The minimum Gasteiger partial charge on any atom is -0.378 e. The highest BCUT2D eigenvalue weighted by Gasteiger charge is 2.22. The van der Waals surface area contributed by atoms with E-state index >= 15 is 0 Å². The normalized spacial score (nSPS) is 27.0. The molecule has 1 rings (SSSR count). The highest BCUT2D eigenvalue weighted by atomic mass is 16.5. The Kier molecular flexibility index (Phi) is 5.77. The van der Waals surface area contributed by atoms with Gasteiger partial charge in [0.1, 0.15) is 0 Å². The van der Waals surface area contributed by atoms with E-state index in [1.54, 1.807) is 0 Å². The minimum atomic E-state index is 0.279. The summed E-state index contributed by atoms with van der Waals surface area (Å²) in [4.78, 5) is 0. The predicted molar refractivity (Wildman–Crippen MR) is 69.4 cm³/mol. The second-order valence-electron chi connectivity index (χ2n) is 6.14. The Hall–Kier alpha value is -0.0800. The summed E-state index contributed by atoms with van der Waals surface area (Å²) in [6, 6.07) is 0. The molecular formula is C14H29NO. The lowest BCUT2D eigenvalue weighted by Gasteiger charge is -2.29. The smallest absolute Gasteiger partial charge is 0.0600 e. The first-order valence-electron chi connectivity index (χ1n) is 6.87. The van der Waals surface area contributed by atoms with Gasteiger partial charge in [-0.1, -0.05) is 33.6 Å². The van der Waals surface area contributed by atoms with Crippen molar-refractivity contribution in [3.63, 3.8) is 0 Å². The van der Waals surface area contributed by atoms with E-state index in [0.717, 1.165) is 25.5 Å². The topological polar surface area (TPSA) is 35.2 Å². The summed E-state index contributed by atoms with van der Waals surface area (Å²) >= 11 is 0. The summed E-state index contributed by atoms with van der Waals surface area (Å²) in [6.07, 6.45) is 8.19. The number of rotatable bonds is 6. The summed E-state index contributed by atoms with van der Waals surface area (Å²) in [5.74, 6) is 0.760. The van der Waals surface area contributed by atoms with E-state index in [1.807, 2.05) is 0 Å². The molecule has 1 aliphatic carbocycles. The molecule has 0 saturated heterocycles. The van der Waals surface area contributed by atoms with Crippen LogP contribution in [0.3, 0.4) is 0 Å². The second-order valence-corrected chi connectivity index (χ2v) is 6.14. The van der Waals surface area contributed by atoms with Crippen molar-refractivity contribution in [2.75, 3.05) is 13.2 Å². The second kappa shape index (κ2) is 6.61. The molecule has 1 saturated carbocycles. The molecule has 1 aliphatic rings. The molecular weight excluding hydrogens is 198 g/mol. The first-order chi connectivity index (χ1) is 7.55. The van der Waals surface area contributed by atoms with Gasteiger partial charge in [-0.05, 0) is 43.6 Å². The van der Waals surface area contributed by atoms with Crippen molar-refractivity contribution < 1.29 is 4.74 Å². The van der Waals surface area contributed by atoms with Gasteiger partial charge in [0, 0.05) is 6.61 Å². The number of hydrogen-bond acceptors (Lipinski definition) is 2. The lowest BCUT2D eigenvalue weighted by atomic mass is 9.87. The summed E-state index contributed by atoms with van der Waals surface area (Å²) in [5.41, 5.74) is 5.99. The van der Waals surface area contributed by atoms with Crippen LogP contribution in [0, 0.1) is 11.3 Å². The Bertz CT molecular complexity index is 191. The molecule has 1 fully saturated rings. The fourth-order valence-corrected chi connectivity index (χ4v) is 2.42. The summed E-state index contributed by atoms with van der Waals surface area (Å²) < 4.78 is 5.99. The zero-order valence-corrected chi connectivity index (χ0v) is 11.3. The van der Waals surface area contributed by atoms with E-state index in [4.69, 9.17) is 10.5 Å². The van der Waals surface area contributed by atoms with Crippen molar-refractivity contribution in [1.82, 2.24) is 0 Å². The molecule has 2 heteroatoms. The maximum absolute atomic E-state index is 5.99. The average molecular weight is 227 g/mol. The standard InChI is InChI=1S/C14H29NO/c1-12-7-4-5-8-13(12)16-10-6-9-14(2,3)11-15/h12-13H,4-11,15H2,1-3H3. The van der Waals surface area contributed by atoms with Gasteiger partial charge in [0.2, 0.25) is 0 Å². The Balaban J connectivity index is 2.10.